The smallest absolute Gasteiger partial charge is 0.176 e. The van der Waals surface area contributed by atoms with Crippen molar-refractivity contribution in [3.05, 3.63) is 0 Å². The average molecular weight is 115 g/mol. The van der Waals surface area contributed by atoms with Crippen LogP contribution in [0.5, 0.6) is 0 Å². The molecule has 0 amide bonds. The van der Waals surface area contributed by atoms with Gasteiger partial charge in [-0.05, 0) is 0 Å². The van der Waals surface area contributed by atoms with E-state index in [9.17, 15) is 8.78 Å². The molecule has 0 heterocycles. The van der Waals surface area contributed by atoms with Gasteiger partial charge in [0.15, 0.2) is 5.63 Å². The van der Waals surface area contributed by atoms with E-state index in [1.165, 1.54) is 0 Å². The Morgan fingerprint density at radius 3 is 2.17 bits per heavy atom. The largest absolute Gasteiger partial charge is 0.251 e. The van der Waals surface area contributed by atoms with Crippen LogP contribution in [0.2, 0.25) is 0 Å². The average Bonchev–Trinajstić information content (AvgIpc) is 1.35. The lowest BCUT2D eigenvalue weighted by molar-refractivity contribution is 0.364. The molecule has 0 aliphatic rings. The van der Waals surface area contributed by atoms with Gasteiger partial charge in [0.25, 0.3) is 0 Å². The molecule has 0 saturated carbocycles. The molecule has 0 rings (SSSR count). The standard InChI is InChI=1S/C3H5ClF2/c4-3(6)1-2-5/h3H,1-2H2. The predicted octanol–water partition coefficient (Wildman–Crippen LogP) is 1.88. The Hall–Kier alpha value is 0.150. The third kappa shape index (κ3) is 4.15. The van der Waals surface area contributed by atoms with Crippen LogP contribution in [0.15, 0.2) is 0 Å². The fourth-order valence-electron chi connectivity index (χ4n) is 0.0825. The van der Waals surface area contributed by atoms with Crippen molar-refractivity contribution >= 4 is 11.6 Å². The van der Waals surface area contributed by atoms with Crippen LogP contribution in [0, 0.1) is 0 Å². The highest BCUT2D eigenvalue weighted by Crippen LogP contribution is 2.01. The van der Waals surface area contributed by atoms with Crippen molar-refractivity contribution in [3.63, 3.8) is 0 Å². The molecule has 0 saturated heterocycles. The first-order chi connectivity index (χ1) is 2.77. The normalized spacial score (nSPS) is 14.5. The highest BCUT2D eigenvalue weighted by molar-refractivity contribution is 6.19. The van der Waals surface area contributed by atoms with Gasteiger partial charge in [0.05, 0.1) is 6.67 Å². The second-order valence-corrected chi connectivity index (χ2v) is 1.34. The number of alkyl halides is 3. The summed E-state index contributed by atoms with van der Waals surface area (Å²) >= 11 is 4.67. The van der Waals surface area contributed by atoms with Crippen molar-refractivity contribution in [2.75, 3.05) is 6.67 Å². The van der Waals surface area contributed by atoms with Crippen LogP contribution in [-0.4, -0.2) is 12.3 Å². The van der Waals surface area contributed by atoms with Crippen molar-refractivity contribution in [3.8, 4) is 0 Å². The van der Waals surface area contributed by atoms with E-state index in [4.69, 9.17) is 0 Å². The van der Waals surface area contributed by atoms with Crippen molar-refractivity contribution in [1.29, 1.82) is 0 Å². The second kappa shape index (κ2) is 3.34. The van der Waals surface area contributed by atoms with Crippen LogP contribution in [0.4, 0.5) is 8.78 Å². The molecule has 6 heavy (non-hydrogen) atoms. The van der Waals surface area contributed by atoms with Gasteiger partial charge in [0.2, 0.25) is 0 Å². The maximum absolute atomic E-state index is 11.2. The highest BCUT2D eigenvalue weighted by atomic mass is 35.5. The molecular formula is C3H5ClF2. The summed E-state index contributed by atoms with van der Waals surface area (Å²) in [5.74, 6) is 0. The van der Waals surface area contributed by atoms with Gasteiger partial charge in [-0.1, -0.05) is 11.6 Å². The third-order valence-corrected chi connectivity index (χ3v) is 0.546. The molecule has 0 aromatic rings. The minimum absolute atomic E-state index is 0.193. The summed E-state index contributed by atoms with van der Waals surface area (Å²) in [5.41, 5.74) is -1.50. The number of hydrogen-bond donors (Lipinski definition) is 0. The fourth-order valence-corrected chi connectivity index (χ4v) is 0.165. The lowest BCUT2D eigenvalue weighted by Gasteiger charge is -1.87. The Balaban J connectivity index is 2.63. The zero-order valence-electron chi connectivity index (χ0n) is 3.13. The Labute approximate surface area is 40.1 Å². The molecule has 0 fully saturated rings. The van der Waals surface area contributed by atoms with Gasteiger partial charge >= 0.3 is 0 Å². The molecule has 0 N–H and O–H groups in total. The molecule has 0 aromatic heterocycles. The van der Waals surface area contributed by atoms with Crippen molar-refractivity contribution in [2.24, 2.45) is 0 Å². The molecule has 0 aromatic carbocycles. The summed E-state index contributed by atoms with van der Waals surface area (Å²) in [7, 11) is 0. The summed E-state index contributed by atoms with van der Waals surface area (Å²) in [5, 5.41) is 0. The van der Waals surface area contributed by atoms with Gasteiger partial charge in [-0.15, -0.1) is 0 Å². The van der Waals surface area contributed by atoms with E-state index >= 15 is 0 Å². The van der Waals surface area contributed by atoms with Crippen molar-refractivity contribution in [1.82, 2.24) is 0 Å². The Morgan fingerprint density at radius 1 is 1.67 bits per heavy atom. The Bertz CT molecular complexity index is 30.0. The minimum atomic E-state index is -1.50. The third-order valence-electron chi connectivity index (χ3n) is 0.327. The van der Waals surface area contributed by atoms with E-state index in [0.29, 0.717) is 0 Å². The van der Waals surface area contributed by atoms with Gasteiger partial charge in [-0.25, -0.2) is 4.39 Å². The quantitative estimate of drug-likeness (QED) is 0.481. The maximum atomic E-state index is 11.2. The number of hydrogen-bond acceptors (Lipinski definition) is 0. The van der Waals surface area contributed by atoms with Crippen molar-refractivity contribution < 1.29 is 8.78 Å². The first-order valence-electron chi connectivity index (χ1n) is 1.61. The van der Waals surface area contributed by atoms with Crippen molar-refractivity contribution in [2.45, 2.75) is 12.1 Å². The first-order valence-corrected chi connectivity index (χ1v) is 2.05. The van der Waals surface area contributed by atoms with Crippen LogP contribution >= 0.6 is 11.6 Å². The van der Waals surface area contributed by atoms with Gasteiger partial charge in [0, 0.05) is 6.42 Å². The van der Waals surface area contributed by atoms with E-state index in [0.717, 1.165) is 0 Å². The SMILES string of the molecule is FCCC(F)Cl. The van der Waals surface area contributed by atoms with Crippen LogP contribution in [-0.2, 0) is 0 Å². The number of halogens is 3. The van der Waals surface area contributed by atoms with E-state index in [1.54, 1.807) is 0 Å². The molecule has 0 bridgehead atoms. The van der Waals surface area contributed by atoms with Gasteiger partial charge < -0.3 is 0 Å². The van der Waals surface area contributed by atoms with E-state index in [1.807, 2.05) is 0 Å². The molecule has 0 aliphatic heterocycles. The molecule has 0 nitrogen and oxygen atoms in total. The molecule has 1 unspecified atom stereocenters. The molecular weight excluding hydrogens is 109 g/mol. The highest BCUT2D eigenvalue weighted by Gasteiger charge is 1.95. The number of rotatable bonds is 2. The second-order valence-electron chi connectivity index (χ2n) is 0.869. The predicted molar refractivity (Wildman–Crippen MR) is 21.3 cm³/mol. The molecule has 3 heteroatoms. The first kappa shape index (κ1) is 6.15. The van der Waals surface area contributed by atoms with Crippen LogP contribution in [0.3, 0.4) is 0 Å². The molecule has 1 atom stereocenters. The molecule has 0 aliphatic carbocycles. The summed E-state index contributed by atoms with van der Waals surface area (Å²) < 4.78 is 22.1. The summed E-state index contributed by atoms with van der Waals surface area (Å²) in [6, 6.07) is 0. The van der Waals surface area contributed by atoms with Crippen LogP contribution in [0.1, 0.15) is 6.42 Å². The monoisotopic (exact) mass is 114 g/mol. The summed E-state index contributed by atoms with van der Waals surface area (Å²) in [4.78, 5) is 0. The van der Waals surface area contributed by atoms with Crippen LogP contribution in [0.25, 0.3) is 0 Å². The molecule has 0 radical (unpaired) electrons. The topological polar surface area (TPSA) is 0 Å². The van der Waals surface area contributed by atoms with E-state index in [2.05, 4.69) is 11.6 Å². The van der Waals surface area contributed by atoms with Crippen LogP contribution < -0.4 is 0 Å². The summed E-state index contributed by atoms with van der Waals surface area (Å²) in [6.45, 7) is -0.676. The molecule has 38 valence electrons. The molecule has 0 spiro atoms. The van der Waals surface area contributed by atoms with E-state index < -0.39 is 12.3 Å². The minimum Gasteiger partial charge on any atom is -0.251 e. The van der Waals surface area contributed by atoms with Gasteiger partial charge in [-0.2, -0.15) is 0 Å². The Kier molecular flexibility index (Phi) is 3.43. The zero-order valence-corrected chi connectivity index (χ0v) is 3.88. The van der Waals surface area contributed by atoms with E-state index in [-0.39, 0.29) is 6.42 Å². The summed E-state index contributed by atoms with van der Waals surface area (Å²) in [6.07, 6.45) is -0.193. The lowest BCUT2D eigenvalue weighted by Crippen LogP contribution is -1.87. The fraction of sp³-hybridized carbons (Fsp3) is 1.00. The Morgan fingerprint density at radius 2 is 2.17 bits per heavy atom. The van der Waals surface area contributed by atoms with Gasteiger partial charge in [0.1, 0.15) is 0 Å². The maximum Gasteiger partial charge on any atom is 0.176 e. The van der Waals surface area contributed by atoms with Gasteiger partial charge in [-0.3, -0.25) is 4.39 Å². The zero-order chi connectivity index (χ0) is 4.99. The lowest BCUT2D eigenvalue weighted by atomic mass is 10.5.